The Morgan fingerprint density at radius 1 is 1.35 bits per heavy atom. The van der Waals surface area contributed by atoms with Crippen molar-refractivity contribution in [3.05, 3.63) is 0 Å². The van der Waals surface area contributed by atoms with E-state index in [-0.39, 0.29) is 0 Å². The number of rotatable bonds is 3. The smallest absolute Gasteiger partial charge is 0.0826 e. The number of hydrogen-bond donors (Lipinski definition) is 1. The fraction of sp³-hybridized carbons (Fsp3) is 1.00. The standard InChI is InChI=1S/C14H28N2O/c1-11-7-14(2,3)8-13(11)15-9-12-10-16(4)5-6-17-12/h11-13,15H,5-10H2,1-4H3/t11-,12+,13-/m1/s1. The van der Waals surface area contributed by atoms with E-state index in [0.29, 0.717) is 17.6 Å². The second-order valence-corrected chi connectivity index (χ2v) is 6.82. The maximum Gasteiger partial charge on any atom is 0.0826 e. The number of nitrogens with zero attached hydrogens (tertiary/aromatic N) is 1. The highest BCUT2D eigenvalue weighted by Gasteiger charge is 2.36. The second-order valence-electron chi connectivity index (χ2n) is 6.82. The minimum absolute atomic E-state index is 0.379. The summed E-state index contributed by atoms with van der Waals surface area (Å²) in [7, 11) is 2.18. The molecule has 2 fully saturated rings. The highest BCUT2D eigenvalue weighted by Crippen LogP contribution is 2.40. The van der Waals surface area contributed by atoms with Gasteiger partial charge in [0.25, 0.3) is 0 Å². The quantitative estimate of drug-likeness (QED) is 0.813. The largest absolute Gasteiger partial charge is 0.374 e. The molecular formula is C14H28N2O. The van der Waals surface area contributed by atoms with Crippen LogP contribution in [0.4, 0.5) is 0 Å². The Labute approximate surface area is 106 Å². The molecule has 2 rings (SSSR count). The number of nitrogens with one attached hydrogen (secondary N) is 1. The maximum absolute atomic E-state index is 5.79. The first-order chi connectivity index (χ1) is 7.96. The molecule has 0 bridgehead atoms. The number of hydrogen-bond acceptors (Lipinski definition) is 3. The van der Waals surface area contributed by atoms with Gasteiger partial charge in [-0.25, -0.2) is 0 Å². The lowest BCUT2D eigenvalue weighted by molar-refractivity contribution is -0.0197. The lowest BCUT2D eigenvalue weighted by atomic mass is 9.91. The van der Waals surface area contributed by atoms with E-state index in [4.69, 9.17) is 4.74 Å². The van der Waals surface area contributed by atoms with E-state index in [2.05, 4.69) is 38.0 Å². The van der Waals surface area contributed by atoms with E-state index in [0.717, 1.165) is 32.2 Å². The van der Waals surface area contributed by atoms with Gasteiger partial charge in [0.2, 0.25) is 0 Å². The summed E-state index contributed by atoms with van der Waals surface area (Å²) in [6.45, 7) is 11.2. The van der Waals surface area contributed by atoms with Gasteiger partial charge in [-0.05, 0) is 31.2 Å². The van der Waals surface area contributed by atoms with Gasteiger partial charge >= 0.3 is 0 Å². The Morgan fingerprint density at radius 2 is 2.12 bits per heavy atom. The van der Waals surface area contributed by atoms with Gasteiger partial charge in [0, 0.05) is 25.7 Å². The number of ether oxygens (including phenoxy) is 1. The van der Waals surface area contributed by atoms with Gasteiger partial charge in [-0.15, -0.1) is 0 Å². The summed E-state index contributed by atoms with van der Waals surface area (Å²) in [5.74, 6) is 0.798. The normalized spacial score (nSPS) is 38.5. The molecular weight excluding hydrogens is 212 g/mol. The third-order valence-electron chi connectivity index (χ3n) is 4.28. The van der Waals surface area contributed by atoms with Crippen LogP contribution in [0.25, 0.3) is 0 Å². The summed E-state index contributed by atoms with van der Waals surface area (Å²) in [4.78, 5) is 2.36. The summed E-state index contributed by atoms with van der Waals surface area (Å²) in [6.07, 6.45) is 3.02. The van der Waals surface area contributed by atoms with Crippen molar-refractivity contribution >= 4 is 0 Å². The van der Waals surface area contributed by atoms with Gasteiger partial charge in [0.05, 0.1) is 12.7 Å². The van der Waals surface area contributed by atoms with Crippen molar-refractivity contribution in [2.24, 2.45) is 11.3 Å². The van der Waals surface area contributed by atoms with E-state index >= 15 is 0 Å². The molecule has 1 aliphatic carbocycles. The van der Waals surface area contributed by atoms with Crippen molar-refractivity contribution in [3.63, 3.8) is 0 Å². The van der Waals surface area contributed by atoms with Gasteiger partial charge in [-0.1, -0.05) is 20.8 Å². The highest BCUT2D eigenvalue weighted by atomic mass is 16.5. The molecule has 17 heavy (non-hydrogen) atoms. The molecule has 0 aromatic carbocycles. The lowest BCUT2D eigenvalue weighted by Gasteiger charge is -2.31. The Hall–Kier alpha value is -0.120. The molecule has 0 unspecified atom stereocenters. The zero-order valence-electron chi connectivity index (χ0n) is 11.8. The third-order valence-corrected chi connectivity index (χ3v) is 4.28. The van der Waals surface area contributed by atoms with Crippen molar-refractivity contribution in [1.29, 1.82) is 0 Å². The Bertz CT molecular complexity index is 255. The fourth-order valence-electron chi connectivity index (χ4n) is 3.44. The fourth-order valence-corrected chi connectivity index (χ4v) is 3.44. The van der Waals surface area contributed by atoms with Crippen LogP contribution in [-0.2, 0) is 4.74 Å². The van der Waals surface area contributed by atoms with Gasteiger partial charge < -0.3 is 15.0 Å². The zero-order chi connectivity index (χ0) is 12.5. The molecule has 2 aliphatic rings. The average molecular weight is 240 g/mol. The van der Waals surface area contributed by atoms with Crippen LogP contribution in [-0.4, -0.2) is 50.3 Å². The summed E-state index contributed by atoms with van der Waals surface area (Å²) >= 11 is 0. The van der Waals surface area contributed by atoms with Crippen molar-refractivity contribution in [2.75, 3.05) is 33.3 Å². The van der Waals surface area contributed by atoms with Crippen molar-refractivity contribution in [2.45, 2.75) is 45.8 Å². The summed E-state index contributed by atoms with van der Waals surface area (Å²) < 4.78 is 5.79. The highest BCUT2D eigenvalue weighted by molar-refractivity contribution is 4.91. The van der Waals surface area contributed by atoms with Crippen molar-refractivity contribution < 1.29 is 4.74 Å². The van der Waals surface area contributed by atoms with Crippen LogP contribution in [0.3, 0.4) is 0 Å². The maximum atomic E-state index is 5.79. The molecule has 3 atom stereocenters. The second kappa shape index (κ2) is 5.25. The molecule has 0 spiro atoms. The van der Waals surface area contributed by atoms with E-state index in [1.807, 2.05) is 0 Å². The molecule has 3 nitrogen and oxygen atoms in total. The monoisotopic (exact) mass is 240 g/mol. The molecule has 0 aromatic heterocycles. The van der Waals surface area contributed by atoms with Gasteiger partial charge in [-0.3, -0.25) is 0 Å². The third kappa shape index (κ3) is 3.67. The van der Waals surface area contributed by atoms with Crippen LogP contribution >= 0.6 is 0 Å². The Balaban J connectivity index is 1.75. The molecule has 0 amide bonds. The molecule has 1 saturated carbocycles. The van der Waals surface area contributed by atoms with Crippen LogP contribution < -0.4 is 5.32 Å². The van der Waals surface area contributed by atoms with Crippen LogP contribution in [0.2, 0.25) is 0 Å². The first-order valence-electron chi connectivity index (χ1n) is 7.00. The molecule has 1 saturated heterocycles. The van der Waals surface area contributed by atoms with E-state index < -0.39 is 0 Å². The molecule has 1 N–H and O–H groups in total. The minimum Gasteiger partial charge on any atom is -0.374 e. The van der Waals surface area contributed by atoms with E-state index in [1.54, 1.807) is 0 Å². The summed E-state index contributed by atoms with van der Waals surface area (Å²) in [5.41, 5.74) is 0.515. The molecule has 0 radical (unpaired) electrons. The summed E-state index contributed by atoms with van der Waals surface area (Å²) in [5, 5.41) is 3.73. The predicted octanol–water partition coefficient (Wildman–Crippen LogP) is 1.73. The SMILES string of the molecule is C[C@@H]1CC(C)(C)C[C@H]1NC[C@H]1CN(C)CCO1. The first kappa shape index (κ1) is 13.3. The van der Waals surface area contributed by atoms with Crippen LogP contribution in [0.15, 0.2) is 0 Å². The van der Waals surface area contributed by atoms with Crippen LogP contribution in [0.1, 0.15) is 33.6 Å². The molecule has 1 aliphatic heterocycles. The van der Waals surface area contributed by atoms with E-state index in [1.165, 1.54) is 12.8 Å². The molecule has 3 heteroatoms. The van der Waals surface area contributed by atoms with Crippen LogP contribution in [0, 0.1) is 11.3 Å². The summed E-state index contributed by atoms with van der Waals surface area (Å²) in [6, 6.07) is 0.681. The van der Waals surface area contributed by atoms with Gasteiger partial charge in [0.1, 0.15) is 0 Å². The molecule has 1 heterocycles. The van der Waals surface area contributed by atoms with Crippen molar-refractivity contribution in [1.82, 2.24) is 10.2 Å². The average Bonchev–Trinajstić information content (AvgIpc) is 2.49. The Morgan fingerprint density at radius 3 is 2.71 bits per heavy atom. The topological polar surface area (TPSA) is 24.5 Å². The van der Waals surface area contributed by atoms with Gasteiger partial charge in [0.15, 0.2) is 0 Å². The van der Waals surface area contributed by atoms with Crippen LogP contribution in [0.5, 0.6) is 0 Å². The predicted molar refractivity (Wildman–Crippen MR) is 71.2 cm³/mol. The lowest BCUT2D eigenvalue weighted by Crippen LogP contribution is -2.47. The molecule has 100 valence electrons. The first-order valence-corrected chi connectivity index (χ1v) is 7.00. The number of morpholine rings is 1. The van der Waals surface area contributed by atoms with Gasteiger partial charge in [-0.2, -0.15) is 0 Å². The minimum atomic E-state index is 0.379. The molecule has 0 aromatic rings. The Kier molecular flexibility index (Phi) is 4.11. The van der Waals surface area contributed by atoms with E-state index in [9.17, 15) is 0 Å². The van der Waals surface area contributed by atoms with Crippen molar-refractivity contribution in [3.8, 4) is 0 Å². The zero-order valence-corrected chi connectivity index (χ0v) is 11.8. The number of likely N-dealkylation sites (N-methyl/N-ethyl adjacent to an activating group) is 1.